The zero-order chi connectivity index (χ0) is 14.4. The highest BCUT2D eigenvalue weighted by atomic mass is 16.2. The van der Waals surface area contributed by atoms with Crippen LogP contribution in [-0.4, -0.2) is 60.5 Å². The highest BCUT2D eigenvalue weighted by molar-refractivity contribution is 5.81. The van der Waals surface area contributed by atoms with Gasteiger partial charge in [-0.3, -0.25) is 9.69 Å². The molecule has 0 bridgehead atoms. The van der Waals surface area contributed by atoms with Crippen molar-refractivity contribution in [1.29, 1.82) is 0 Å². The van der Waals surface area contributed by atoms with Gasteiger partial charge < -0.3 is 10.2 Å². The van der Waals surface area contributed by atoms with E-state index in [0.717, 1.165) is 39.1 Å². The minimum atomic E-state index is 0.0387. The van der Waals surface area contributed by atoms with Gasteiger partial charge in [-0.2, -0.15) is 0 Å². The van der Waals surface area contributed by atoms with E-state index in [9.17, 15) is 4.79 Å². The second kappa shape index (κ2) is 7.99. The Hall–Kier alpha value is -0.610. The van der Waals surface area contributed by atoms with Crippen LogP contribution in [0.2, 0.25) is 0 Å². The molecule has 1 amide bonds. The van der Waals surface area contributed by atoms with Crippen LogP contribution >= 0.6 is 0 Å². The molecule has 2 saturated heterocycles. The first-order valence-electron chi connectivity index (χ1n) is 8.48. The molecule has 0 radical (unpaired) electrons. The average Bonchev–Trinajstić information content (AvgIpc) is 3.00. The maximum Gasteiger partial charge on any atom is 0.239 e. The van der Waals surface area contributed by atoms with Crippen molar-refractivity contribution in [3.05, 3.63) is 0 Å². The normalized spacial score (nSPS) is 25.1. The van der Waals surface area contributed by atoms with Gasteiger partial charge in [-0.1, -0.05) is 13.3 Å². The van der Waals surface area contributed by atoms with E-state index < -0.39 is 0 Å². The number of carbonyl (C=O) groups excluding carboxylic acids is 1. The van der Waals surface area contributed by atoms with Crippen LogP contribution in [-0.2, 0) is 4.79 Å². The number of nitrogens with zero attached hydrogens (tertiary/aromatic N) is 2. The lowest BCUT2D eigenvalue weighted by Crippen LogP contribution is -2.51. The summed E-state index contributed by atoms with van der Waals surface area (Å²) in [5.74, 6) is 0.340. The molecule has 2 aliphatic heterocycles. The third-order valence-electron chi connectivity index (χ3n) is 4.70. The van der Waals surface area contributed by atoms with Gasteiger partial charge >= 0.3 is 0 Å². The topological polar surface area (TPSA) is 35.6 Å². The van der Waals surface area contributed by atoms with Gasteiger partial charge in [0.05, 0.1) is 6.04 Å². The lowest BCUT2D eigenvalue weighted by Gasteiger charge is -2.35. The molecule has 1 N–H and O–H groups in total. The monoisotopic (exact) mass is 281 g/mol. The number of likely N-dealkylation sites (tertiary alicyclic amines) is 1. The highest BCUT2D eigenvalue weighted by Crippen LogP contribution is 2.15. The summed E-state index contributed by atoms with van der Waals surface area (Å²) < 4.78 is 0. The molecule has 2 heterocycles. The lowest BCUT2D eigenvalue weighted by atomic mass is 10.0. The Bertz CT molecular complexity index is 296. The quantitative estimate of drug-likeness (QED) is 0.807. The number of piperidine rings is 1. The van der Waals surface area contributed by atoms with E-state index in [2.05, 4.69) is 29.0 Å². The molecule has 0 aromatic rings. The summed E-state index contributed by atoms with van der Waals surface area (Å²) in [6.45, 7) is 9.41. The highest BCUT2D eigenvalue weighted by Gasteiger charge is 2.28. The third kappa shape index (κ3) is 4.19. The van der Waals surface area contributed by atoms with E-state index in [1.807, 2.05) is 0 Å². The van der Waals surface area contributed by atoms with Gasteiger partial charge in [0.15, 0.2) is 0 Å². The fourth-order valence-electron chi connectivity index (χ4n) is 3.45. The molecule has 116 valence electrons. The van der Waals surface area contributed by atoms with Crippen LogP contribution in [0.15, 0.2) is 0 Å². The van der Waals surface area contributed by atoms with Crippen molar-refractivity contribution in [1.82, 2.24) is 15.1 Å². The van der Waals surface area contributed by atoms with Gasteiger partial charge in [0.2, 0.25) is 5.91 Å². The Morgan fingerprint density at radius 1 is 1.30 bits per heavy atom. The van der Waals surface area contributed by atoms with Crippen LogP contribution in [0.25, 0.3) is 0 Å². The summed E-state index contributed by atoms with van der Waals surface area (Å²) in [7, 11) is 0. The van der Waals surface area contributed by atoms with Crippen molar-refractivity contribution >= 4 is 5.91 Å². The fraction of sp³-hybridized carbons (Fsp3) is 0.938. The first-order chi connectivity index (χ1) is 9.72. The Kier molecular flexibility index (Phi) is 6.30. The van der Waals surface area contributed by atoms with E-state index in [1.165, 1.54) is 32.1 Å². The fourth-order valence-corrected chi connectivity index (χ4v) is 3.45. The second-order valence-corrected chi connectivity index (χ2v) is 6.35. The number of hydrogen-bond acceptors (Lipinski definition) is 3. The summed E-state index contributed by atoms with van der Waals surface area (Å²) in [4.78, 5) is 17.0. The van der Waals surface area contributed by atoms with Gasteiger partial charge in [-0.15, -0.1) is 0 Å². The van der Waals surface area contributed by atoms with Gasteiger partial charge in [0.1, 0.15) is 0 Å². The van der Waals surface area contributed by atoms with Crippen LogP contribution in [0.1, 0.15) is 52.4 Å². The maximum atomic E-state index is 12.6. The lowest BCUT2D eigenvalue weighted by molar-refractivity contribution is -0.135. The molecule has 0 aromatic carbocycles. The molecular formula is C16H31N3O. The number of nitrogens with one attached hydrogen (secondary N) is 1. The van der Waals surface area contributed by atoms with Crippen molar-refractivity contribution in [2.24, 2.45) is 0 Å². The van der Waals surface area contributed by atoms with E-state index in [0.29, 0.717) is 11.9 Å². The summed E-state index contributed by atoms with van der Waals surface area (Å²) in [5.41, 5.74) is 0. The number of carbonyl (C=O) groups is 1. The average molecular weight is 281 g/mol. The van der Waals surface area contributed by atoms with Crippen LogP contribution in [0.5, 0.6) is 0 Å². The largest absolute Gasteiger partial charge is 0.341 e. The van der Waals surface area contributed by atoms with Crippen molar-refractivity contribution in [2.45, 2.75) is 64.5 Å². The van der Waals surface area contributed by atoms with Crippen LogP contribution in [0.3, 0.4) is 0 Å². The summed E-state index contributed by atoms with van der Waals surface area (Å²) >= 11 is 0. The molecule has 4 heteroatoms. The second-order valence-electron chi connectivity index (χ2n) is 6.35. The Morgan fingerprint density at radius 2 is 2.05 bits per heavy atom. The minimum Gasteiger partial charge on any atom is -0.341 e. The van der Waals surface area contributed by atoms with Crippen molar-refractivity contribution in [3.8, 4) is 0 Å². The molecule has 2 atom stereocenters. The van der Waals surface area contributed by atoms with Crippen molar-refractivity contribution < 1.29 is 4.79 Å². The van der Waals surface area contributed by atoms with E-state index in [1.54, 1.807) is 0 Å². The van der Waals surface area contributed by atoms with Crippen molar-refractivity contribution in [3.63, 3.8) is 0 Å². The van der Waals surface area contributed by atoms with Gasteiger partial charge in [0, 0.05) is 25.7 Å². The SMILES string of the molecule is CCCN(CC1CCCCN1)C(C)C(=O)N1CCCC1. The first-order valence-corrected chi connectivity index (χ1v) is 8.48. The molecule has 2 rings (SSSR count). The Balaban J connectivity index is 1.89. The smallest absolute Gasteiger partial charge is 0.239 e. The van der Waals surface area contributed by atoms with E-state index in [-0.39, 0.29) is 6.04 Å². The number of rotatable bonds is 6. The molecule has 0 aliphatic carbocycles. The summed E-state index contributed by atoms with van der Waals surface area (Å²) in [5, 5.41) is 3.60. The van der Waals surface area contributed by atoms with Gasteiger partial charge in [-0.05, 0) is 52.1 Å². The molecule has 2 aliphatic rings. The molecule has 0 spiro atoms. The van der Waals surface area contributed by atoms with Crippen LogP contribution in [0.4, 0.5) is 0 Å². The van der Waals surface area contributed by atoms with Gasteiger partial charge in [0.25, 0.3) is 0 Å². The molecule has 2 unspecified atom stereocenters. The molecule has 0 aromatic heterocycles. The Labute approximate surface area is 123 Å². The number of amides is 1. The summed E-state index contributed by atoms with van der Waals surface area (Å²) in [6, 6.07) is 0.612. The molecule has 0 saturated carbocycles. The van der Waals surface area contributed by atoms with Crippen LogP contribution in [0, 0.1) is 0 Å². The minimum absolute atomic E-state index is 0.0387. The van der Waals surface area contributed by atoms with Crippen molar-refractivity contribution in [2.75, 3.05) is 32.7 Å². The zero-order valence-electron chi connectivity index (χ0n) is 13.2. The maximum absolute atomic E-state index is 12.6. The first kappa shape index (κ1) is 15.8. The molecule has 20 heavy (non-hydrogen) atoms. The third-order valence-corrected chi connectivity index (χ3v) is 4.70. The predicted molar refractivity (Wildman–Crippen MR) is 82.8 cm³/mol. The molecular weight excluding hydrogens is 250 g/mol. The Morgan fingerprint density at radius 3 is 2.65 bits per heavy atom. The standard InChI is InChI=1S/C16H31N3O/c1-3-10-19(13-15-8-4-5-9-17-15)14(2)16(20)18-11-6-7-12-18/h14-15,17H,3-13H2,1-2H3. The molecule has 4 nitrogen and oxygen atoms in total. The zero-order valence-corrected chi connectivity index (χ0v) is 13.2. The van der Waals surface area contributed by atoms with Gasteiger partial charge in [-0.25, -0.2) is 0 Å². The number of hydrogen-bond donors (Lipinski definition) is 1. The summed E-state index contributed by atoms with van der Waals surface area (Å²) in [6.07, 6.45) is 7.35. The molecule has 2 fully saturated rings. The van der Waals surface area contributed by atoms with Crippen LogP contribution < -0.4 is 5.32 Å². The van der Waals surface area contributed by atoms with E-state index in [4.69, 9.17) is 0 Å². The van der Waals surface area contributed by atoms with E-state index >= 15 is 0 Å². The predicted octanol–water partition coefficient (Wildman–Crippen LogP) is 1.85.